The zero-order chi connectivity index (χ0) is 25.7. The van der Waals surface area contributed by atoms with Gasteiger partial charge in [0.25, 0.3) is 0 Å². The fraction of sp³-hybridized carbons (Fsp3) is 0.542. The summed E-state index contributed by atoms with van der Waals surface area (Å²) in [4.78, 5) is 0.00520. The van der Waals surface area contributed by atoms with Crippen LogP contribution < -0.4 is 5.32 Å². The maximum atomic E-state index is 14.3. The van der Waals surface area contributed by atoms with Crippen LogP contribution in [0.4, 0.5) is 5.69 Å². The van der Waals surface area contributed by atoms with E-state index in [1.807, 2.05) is 42.5 Å². The number of hydrogen-bond donors (Lipinski definition) is 1. The minimum atomic E-state index is -4.15. The fourth-order valence-electron chi connectivity index (χ4n) is 3.45. The van der Waals surface area contributed by atoms with E-state index >= 15 is 0 Å². The zero-order valence-corrected chi connectivity index (χ0v) is 23.8. The Hall–Kier alpha value is -1.11. The first-order valence-corrected chi connectivity index (χ1v) is 15.1. The summed E-state index contributed by atoms with van der Waals surface area (Å²) in [5.74, 6) is 0. The molecule has 0 atom stereocenters. The number of hydrogen-bond acceptors (Lipinski definition) is 7. The molecule has 190 valence electrons. The second kappa shape index (κ2) is 12.2. The second-order valence-electron chi connectivity index (χ2n) is 9.09. The summed E-state index contributed by atoms with van der Waals surface area (Å²) in [6.07, 6.45) is -1.95. The van der Waals surface area contributed by atoms with E-state index in [9.17, 15) is 9.13 Å². The minimum Gasteiger partial charge on any atom is -0.348 e. The lowest BCUT2D eigenvalue weighted by molar-refractivity contribution is 0.127. The molecule has 0 aromatic heterocycles. The van der Waals surface area contributed by atoms with Gasteiger partial charge in [0.15, 0.2) is 0 Å². The maximum absolute atomic E-state index is 14.3. The number of nitrogens with one attached hydrogen (secondary N) is 1. The second-order valence-corrected chi connectivity index (χ2v) is 14.0. The molecule has 2 rings (SSSR count). The van der Waals surface area contributed by atoms with Gasteiger partial charge in [0.05, 0.1) is 24.4 Å². The fourth-order valence-corrected chi connectivity index (χ4v) is 9.99. The lowest BCUT2D eigenvalue weighted by Gasteiger charge is -2.35. The molecule has 0 saturated carbocycles. The topological polar surface area (TPSA) is 83.1 Å². The average Bonchev–Trinajstić information content (AvgIpc) is 2.65. The molecule has 34 heavy (non-hydrogen) atoms. The van der Waals surface area contributed by atoms with Crippen LogP contribution in [0.3, 0.4) is 0 Å². The van der Waals surface area contributed by atoms with Gasteiger partial charge in [0, 0.05) is 11.1 Å². The van der Waals surface area contributed by atoms with Crippen LogP contribution >= 0.6 is 27.4 Å². The molecule has 7 nitrogen and oxygen atoms in total. The Morgan fingerprint density at radius 3 is 1.56 bits per heavy atom. The van der Waals surface area contributed by atoms with E-state index in [2.05, 4.69) is 5.32 Å². The number of thiocarbonyl (C=S) groups is 1. The van der Waals surface area contributed by atoms with Crippen molar-refractivity contribution >= 4 is 48.9 Å². The summed E-state index contributed by atoms with van der Waals surface area (Å²) in [6.45, 7) is 13.8. The molecule has 1 N–H and O–H groups in total. The molecule has 2 aromatic rings. The van der Waals surface area contributed by atoms with Crippen LogP contribution in [0, 0.1) is 0 Å². The molecule has 0 radical (unpaired) electrons. The Balaban J connectivity index is 2.67. The van der Waals surface area contributed by atoms with E-state index in [0.717, 1.165) is 10.8 Å². The highest BCUT2D eigenvalue weighted by Gasteiger charge is 2.55. The van der Waals surface area contributed by atoms with Gasteiger partial charge in [-0.05, 0) is 66.8 Å². The van der Waals surface area contributed by atoms with Gasteiger partial charge in [-0.1, -0.05) is 48.6 Å². The maximum Gasteiger partial charge on any atom is 0.353 e. The van der Waals surface area contributed by atoms with Gasteiger partial charge in [0.1, 0.15) is 4.99 Å². The highest BCUT2D eigenvalue weighted by Crippen LogP contribution is 2.72. The van der Waals surface area contributed by atoms with Crippen molar-refractivity contribution in [1.29, 1.82) is 0 Å². The third kappa shape index (κ3) is 7.69. The van der Waals surface area contributed by atoms with E-state index in [1.54, 1.807) is 55.4 Å². The molecule has 0 bridgehead atoms. The standard InChI is InChI=1S/C24H37NO6P2S/c1-16(2)28-32(26,29-17(3)4)24(33(27,30-18(5)6)31-19(7)8)23(34)25-22-15-11-13-20-12-9-10-14-21(20)22/h9-19,24H,1-8H3,(H,25,34). The number of rotatable bonds is 12. The molecule has 0 spiro atoms. The van der Waals surface area contributed by atoms with Crippen LogP contribution in [-0.2, 0) is 27.2 Å². The van der Waals surface area contributed by atoms with Gasteiger partial charge < -0.3 is 23.4 Å². The highest BCUT2D eigenvalue weighted by atomic mass is 32.1. The van der Waals surface area contributed by atoms with E-state index in [0.29, 0.717) is 5.69 Å². The molecule has 10 heteroatoms. The summed E-state index contributed by atoms with van der Waals surface area (Å²) < 4.78 is 52.0. The van der Waals surface area contributed by atoms with Crippen LogP contribution in [0.15, 0.2) is 42.5 Å². The average molecular weight is 530 g/mol. The molecule has 0 heterocycles. The van der Waals surface area contributed by atoms with Crippen molar-refractivity contribution in [3.8, 4) is 0 Å². The monoisotopic (exact) mass is 529 g/mol. The van der Waals surface area contributed by atoms with Crippen LogP contribution in [0.25, 0.3) is 10.8 Å². The van der Waals surface area contributed by atoms with Gasteiger partial charge in [-0.2, -0.15) is 0 Å². The van der Waals surface area contributed by atoms with Gasteiger partial charge in [-0.15, -0.1) is 0 Å². The largest absolute Gasteiger partial charge is 0.353 e. The molecule has 2 aromatic carbocycles. The van der Waals surface area contributed by atoms with Crippen molar-refractivity contribution in [2.24, 2.45) is 0 Å². The summed E-state index contributed by atoms with van der Waals surface area (Å²) in [5.41, 5.74) is 0.675. The van der Waals surface area contributed by atoms with Crippen molar-refractivity contribution < 1.29 is 27.2 Å². The van der Waals surface area contributed by atoms with Crippen LogP contribution in [-0.4, -0.2) is 34.8 Å². The third-order valence-electron chi connectivity index (χ3n) is 4.31. The van der Waals surface area contributed by atoms with Crippen molar-refractivity contribution in [1.82, 2.24) is 0 Å². The lowest BCUT2D eigenvalue weighted by atomic mass is 10.1. The van der Waals surface area contributed by atoms with Gasteiger partial charge >= 0.3 is 15.2 Å². The van der Waals surface area contributed by atoms with Crippen molar-refractivity contribution in [3.05, 3.63) is 42.5 Å². The summed E-state index contributed by atoms with van der Waals surface area (Å²) in [7, 11) is -8.29. The highest BCUT2D eigenvalue weighted by molar-refractivity contribution is 7.85. The Morgan fingerprint density at radius 1 is 0.706 bits per heavy atom. The smallest absolute Gasteiger partial charge is 0.348 e. The van der Waals surface area contributed by atoms with Crippen LogP contribution in [0.1, 0.15) is 55.4 Å². The van der Waals surface area contributed by atoms with Gasteiger partial charge in [-0.25, -0.2) is 0 Å². The number of fused-ring (bicyclic) bond motifs is 1. The quantitative estimate of drug-likeness (QED) is 0.219. The SMILES string of the molecule is CC(C)OP(=O)(OC(C)C)C(C(=S)Nc1cccc2ccccc12)P(=O)(OC(C)C)OC(C)C. The predicted octanol–water partition coefficient (Wildman–Crippen LogP) is 7.99. The van der Waals surface area contributed by atoms with Crippen molar-refractivity contribution in [2.45, 2.75) is 85.2 Å². The Bertz CT molecular complexity index is 1000. The normalized spacial score (nSPS) is 13.1. The van der Waals surface area contributed by atoms with Gasteiger partial charge in [0.2, 0.25) is 5.40 Å². The van der Waals surface area contributed by atoms with E-state index < -0.39 is 45.0 Å². The molecule has 0 fully saturated rings. The first-order chi connectivity index (χ1) is 15.8. The van der Waals surface area contributed by atoms with E-state index in [1.165, 1.54) is 0 Å². The first-order valence-electron chi connectivity index (χ1n) is 11.5. The van der Waals surface area contributed by atoms with E-state index in [4.69, 9.17) is 30.3 Å². The number of anilines is 1. The molecule has 0 aliphatic rings. The van der Waals surface area contributed by atoms with Crippen LogP contribution in [0.5, 0.6) is 0 Å². The predicted molar refractivity (Wildman–Crippen MR) is 144 cm³/mol. The molecule has 0 amide bonds. The van der Waals surface area contributed by atoms with Gasteiger partial charge in [-0.3, -0.25) is 9.13 Å². The summed E-state index contributed by atoms with van der Waals surface area (Å²) in [5, 5.41) is 3.58. The van der Waals surface area contributed by atoms with Crippen molar-refractivity contribution in [2.75, 3.05) is 5.32 Å². The zero-order valence-electron chi connectivity index (χ0n) is 21.2. The van der Waals surface area contributed by atoms with Crippen molar-refractivity contribution in [3.63, 3.8) is 0 Å². The molecular weight excluding hydrogens is 492 g/mol. The first kappa shape index (κ1) is 29.1. The lowest BCUT2D eigenvalue weighted by Crippen LogP contribution is -2.32. The summed E-state index contributed by atoms with van der Waals surface area (Å²) >= 11 is 5.75. The Morgan fingerprint density at radius 2 is 1.12 bits per heavy atom. The number of benzene rings is 2. The van der Waals surface area contributed by atoms with E-state index in [-0.39, 0.29) is 4.99 Å². The minimum absolute atomic E-state index is 0.00520. The third-order valence-corrected chi connectivity index (χ3v) is 11.3. The Labute approximate surface area is 209 Å². The Kier molecular flexibility index (Phi) is 10.5. The molecule has 0 aliphatic carbocycles. The summed E-state index contributed by atoms with van der Waals surface area (Å²) in [6, 6.07) is 13.5. The molecule has 0 aliphatic heterocycles. The molecule has 0 unspecified atom stereocenters. The molecular formula is C24H37NO6P2S. The molecule has 0 saturated heterocycles. The van der Waals surface area contributed by atoms with Crippen LogP contribution in [0.2, 0.25) is 0 Å².